The summed E-state index contributed by atoms with van der Waals surface area (Å²) in [6.45, 7) is 9.94. The number of ether oxygens (including phenoxy) is 1. The molecule has 0 N–H and O–H groups in total. The molecule has 0 unspecified atom stereocenters. The van der Waals surface area contributed by atoms with Crippen LogP contribution < -0.4 is 4.90 Å². The van der Waals surface area contributed by atoms with E-state index >= 15 is 0 Å². The molecule has 0 aliphatic carbocycles. The molecular weight excluding hydrogens is 424 g/mol. The first kappa shape index (κ1) is 22.7. The van der Waals surface area contributed by atoms with E-state index in [1.807, 2.05) is 12.1 Å². The lowest BCUT2D eigenvalue weighted by atomic mass is 9.80. The van der Waals surface area contributed by atoms with Crippen LogP contribution in [0.15, 0.2) is 17.0 Å². The van der Waals surface area contributed by atoms with Crippen LogP contribution >= 0.6 is 23.4 Å². The summed E-state index contributed by atoms with van der Waals surface area (Å²) in [4.78, 5) is 40.6. The maximum atomic E-state index is 12.8. The quantitative estimate of drug-likeness (QED) is 0.472. The number of thioether (sulfide) groups is 1. The van der Waals surface area contributed by atoms with Crippen molar-refractivity contribution in [1.29, 1.82) is 0 Å². The third-order valence-corrected chi connectivity index (χ3v) is 7.09. The average molecular weight is 451 g/mol. The second-order valence-corrected chi connectivity index (χ2v) is 9.79. The van der Waals surface area contributed by atoms with Crippen molar-refractivity contribution in [1.82, 2.24) is 4.90 Å². The molecule has 2 atom stereocenters. The van der Waals surface area contributed by atoms with E-state index in [9.17, 15) is 14.4 Å². The predicted octanol–water partition coefficient (Wildman–Crippen LogP) is 5.05. The largest absolute Gasteiger partial charge is 0.464 e. The number of hydrogen-bond acceptors (Lipinski definition) is 6. The summed E-state index contributed by atoms with van der Waals surface area (Å²) >= 11 is 7.37. The van der Waals surface area contributed by atoms with Gasteiger partial charge in [0.25, 0.3) is 11.1 Å². The summed E-state index contributed by atoms with van der Waals surface area (Å²) in [5.41, 5.74) is 2.93. The fraction of sp³-hybridized carbons (Fsp3) is 0.500. The highest BCUT2D eigenvalue weighted by molar-refractivity contribution is 8.18. The van der Waals surface area contributed by atoms with E-state index in [-0.39, 0.29) is 17.1 Å². The maximum absolute atomic E-state index is 12.8. The summed E-state index contributed by atoms with van der Waals surface area (Å²) in [6, 6.07) is 2.95. The van der Waals surface area contributed by atoms with Gasteiger partial charge in [-0.3, -0.25) is 14.5 Å². The Morgan fingerprint density at radius 3 is 2.70 bits per heavy atom. The zero-order valence-corrected chi connectivity index (χ0v) is 19.7. The number of esters is 1. The molecule has 0 bridgehead atoms. The van der Waals surface area contributed by atoms with Crippen molar-refractivity contribution >= 4 is 52.2 Å². The molecule has 3 rings (SSSR count). The second kappa shape index (κ2) is 8.27. The van der Waals surface area contributed by atoms with Crippen molar-refractivity contribution in [2.45, 2.75) is 58.5 Å². The highest BCUT2D eigenvalue weighted by Crippen LogP contribution is 2.45. The Labute approximate surface area is 186 Å². The summed E-state index contributed by atoms with van der Waals surface area (Å²) in [6.07, 6.45) is 2.63. The summed E-state index contributed by atoms with van der Waals surface area (Å²) in [7, 11) is 2.06. The van der Waals surface area contributed by atoms with Crippen LogP contribution in [0.25, 0.3) is 6.08 Å². The van der Waals surface area contributed by atoms with Gasteiger partial charge in [0.05, 0.1) is 11.5 Å². The number of carbonyl (C=O) groups excluding carboxylic acids is 3. The van der Waals surface area contributed by atoms with Crippen molar-refractivity contribution in [2.24, 2.45) is 0 Å². The molecule has 2 aliphatic rings. The number of anilines is 1. The van der Waals surface area contributed by atoms with Gasteiger partial charge >= 0.3 is 5.97 Å². The molecule has 30 heavy (non-hydrogen) atoms. The van der Waals surface area contributed by atoms with Crippen LogP contribution in [0.2, 0.25) is 5.02 Å². The standard InChI is InChI=1S/C22H27ClN2O4S/c1-7-29-20(27)13(3)25-19(26)18(30-21(25)28)9-14-8-15-12(2)11-22(4,5)24(6)17(15)10-16(14)23/h8-10,12-13H,7,11H2,1-6H3/b18-9+/t12-,13+/m0/s1. The topological polar surface area (TPSA) is 66.9 Å². The van der Waals surface area contributed by atoms with Crippen molar-refractivity contribution in [3.8, 4) is 0 Å². The Bertz CT molecular complexity index is 943. The Morgan fingerprint density at radius 2 is 2.07 bits per heavy atom. The van der Waals surface area contributed by atoms with Gasteiger partial charge in [-0.2, -0.15) is 0 Å². The molecule has 162 valence electrons. The van der Waals surface area contributed by atoms with E-state index < -0.39 is 23.2 Å². The lowest BCUT2D eigenvalue weighted by Crippen LogP contribution is -2.45. The molecule has 1 saturated heterocycles. The minimum Gasteiger partial charge on any atom is -0.464 e. The second-order valence-electron chi connectivity index (χ2n) is 8.39. The number of carbonyl (C=O) groups is 3. The van der Waals surface area contributed by atoms with Gasteiger partial charge in [-0.05, 0) is 81.1 Å². The predicted molar refractivity (Wildman–Crippen MR) is 121 cm³/mol. The number of fused-ring (bicyclic) bond motifs is 1. The SMILES string of the molecule is CCOC(=O)[C@@H](C)N1C(=O)S/C(=C/c2cc3c(cc2Cl)N(C)C(C)(C)C[C@@H]3C)C1=O. The van der Waals surface area contributed by atoms with Gasteiger partial charge in [0, 0.05) is 23.3 Å². The van der Waals surface area contributed by atoms with Crippen molar-refractivity contribution in [2.75, 3.05) is 18.6 Å². The zero-order valence-electron chi connectivity index (χ0n) is 18.1. The molecule has 6 nitrogen and oxygen atoms in total. The highest BCUT2D eigenvalue weighted by Gasteiger charge is 2.41. The number of amides is 2. The molecule has 0 radical (unpaired) electrons. The van der Waals surface area contributed by atoms with Gasteiger partial charge in [-0.25, -0.2) is 4.79 Å². The number of benzene rings is 1. The Morgan fingerprint density at radius 1 is 1.40 bits per heavy atom. The smallest absolute Gasteiger partial charge is 0.329 e. The van der Waals surface area contributed by atoms with Gasteiger partial charge in [0.2, 0.25) is 0 Å². The molecule has 2 amide bonds. The Kier molecular flexibility index (Phi) is 6.25. The Hall–Kier alpha value is -1.99. The third kappa shape index (κ3) is 3.97. The van der Waals surface area contributed by atoms with Crippen LogP contribution in [0.5, 0.6) is 0 Å². The van der Waals surface area contributed by atoms with Crippen LogP contribution in [-0.2, 0) is 14.3 Å². The lowest BCUT2D eigenvalue weighted by molar-refractivity contribution is -0.150. The molecule has 0 aromatic heterocycles. The minimum absolute atomic E-state index is 0.0170. The zero-order chi connectivity index (χ0) is 22.4. The molecule has 0 spiro atoms. The van der Waals surface area contributed by atoms with Gasteiger partial charge in [0.15, 0.2) is 0 Å². The van der Waals surface area contributed by atoms with Crippen molar-refractivity contribution < 1.29 is 19.1 Å². The number of rotatable bonds is 4. The average Bonchev–Trinajstić information content (AvgIpc) is 2.93. The number of halogens is 1. The molecule has 1 aromatic carbocycles. The first-order valence-electron chi connectivity index (χ1n) is 9.99. The van der Waals surface area contributed by atoms with E-state index in [0.29, 0.717) is 16.5 Å². The first-order valence-corrected chi connectivity index (χ1v) is 11.2. The number of imide groups is 1. The van der Waals surface area contributed by atoms with Crippen molar-refractivity contribution in [3.63, 3.8) is 0 Å². The van der Waals surface area contributed by atoms with E-state index in [4.69, 9.17) is 16.3 Å². The van der Waals surface area contributed by atoms with E-state index in [1.165, 1.54) is 6.92 Å². The summed E-state index contributed by atoms with van der Waals surface area (Å²) in [5.74, 6) is -0.785. The molecule has 8 heteroatoms. The first-order chi connectivity index (χ1) is 14.0. The van der Waals surface area contributed by atoms with Gasteiger partial charge in [-0.15, -0.1) is 0 Å². The molecular formula is C22H27ClN2O4S. The van der Waals surface area contributed by atoms with Crippen LogP contribution in [0.4, 0.5) is 10.5 Å². The van der Waals surface area contributed by atoms with Crippen LogP contribution in [0.1, 0.15) is 58.1 Å². The lowest BCUT2D eigenvalue weighted by Gasteiger charge is -2.45. The number of hydrogen-bond donors (Lipinski definition) is 0. The van der Waals surface area contributed by atoms with E-state index in [0.717, 1.165) is 34.3 Å². The summed E-state index contributed by atoms with van der Waals surface area (Å²) in [5, 5.41) is 0.0199. The van der Waals surface area contributed by atoms with Gasteiger partial charge in [0.1, 0.15) is 6.04 Å². The molecule has 1 aromatic rings. The highest BCUT2D eigenvalue weighted by atomic mass is 35.5. The van der Waals surface area contributed by atoms with Crippen LogP contribution in [0.3, 0.4) is 0 Å². The monoisotopic (exact) mass is 450 g/mol. The minimum atomic E-state index is -0.974. The Balaban J connectivity index is 1.95. The summed E-state index contributed by atoms with van der Waals surface area (Å²) < 4.78 is 4.95. The van der Waals surface area contributed by atoms with Crippen LogP contribution in [0, 0.1) is 0 Å². The van der Waals surface area contributed by atoms with E-state index in [2.05, 4.69) is 32.7 Å². The fourth-order valence-corrected chi connectivity index (χ4v) is 5.15. The third-order valence-electron chi connectivity index (χ3n) is 5.88. The normalized spacial score (nSPS) is 23.0. The fourth-order valence-electron chi connectivity index (χ4n) is 4.04. The van der Waals surface area contributed by atoms with Crippen molar-refractivity contribution in [3.05, 3.63) is 33.2 Å². The molecule has 1 fully saturated rings. The molecule has 2 aliphatic heterocycles. The van der Waals surface area contributed by atoms with Gasteiger partial charge < -0.3 is 9.64 Å². The van der Waals surface area contributed by atoms with Gasteiger partial charge in [-0.1, -0.05) is 18.5 Å². The number of nitrogens with zero attached hydrogens (tertiary/aromatic N) is 2. The molecule has 0 saturated carbocycles. The molecule has 2 heterocycles. The van der Waals surface area contributed by atoms with Crippen LogP contribution in [-0.4, -0.2) is 47.3 Å². The van der Waals surface area contributed by atoms with E-state index in [1.54, 1.807) is 13.0 Å². The maximum Gasteiger partial charge on any atom is 0.329 e.